The van der Waals surface area contributed by atoms with Crippen LogP contribution in [0.1, 0.15) is 55.1 Å². The van der Waals surface area contributed by atoms with E-state index in [0.29, 0.717) is 20.9 Å². The summed E-state index contributed by atoms with van der Waals surface area (Å²) in [6.45, 7) is 1.79. The van der Waals surface area contributed by atoms with Crippen LogP contribution in [-0.4, -0.2) is 31.6 Å². The van der Waals surface area contributed by atoms with Crippen LogP contribution in [0.15, 0.2) is 12.1 Å². The van der Waals surface area contributed by atoms with Gasteiger partial charge >= 0.3 is 5.97 Å². The van der Waals surface area contributed by atoms with Crippen molar-refractivity contribution < 1.29 is 19.1 Å². The highest BCUT2D eigenvalue weighted by Crippen LogP contribution is 2.61. The summed E-state index contributed by atoms with van der Waals surface area (Å²) < 4.78 is 11.2. The summed E-state index contributed by atoms with van der Waals surface area (Å²) in [5.74, 6) is 2.08. The van der Waals surface area contributed by atoms with Gasteiger partial charge in [0.2, 0.25) is 0 Å². The molecule has 172 valence electrons. The van der Waals surface area contributed by atoms with Crippen molar-refractivity contribution in [3.8, 4) is 5.75 Å². The normalized spacial score (nSPS) is 29.2. The number of nitrogens with one attached hydrogen (secondary N) is 1. The van der Waals surface area contributed by atoms with Gasteiger partial charge in [-0.3, -0.25) is 4.79 Å². The second-order valence-electron chi connectivity index (χ2n) is 9.85. The number of carbonyl (C=O) groups excluding carboxylic acids is 2. The Morgan fingerprint density at radius 1 is 1.12 bits per heavy atom. The molecule has 0 radical (unpaired) electrons. The van der Waals surface area contributed by atoms with Crippen LogP contribution in [0, 0.1) is 23.2 Å². The van der Waals surface area contributed by atoms with Gasteiger partial charge in [-0.25, -0.2) is 4.79 Å². The van der Waals surface area contributed by atoms with E-state index >= 15 is 0 Å². The predicted octanol–water partition coefficient (Wildman–Crippen LogP) is 6.09. The van der Waals surface area contributed by atoms with Crippen molar-refractivity contribution in [3.63, 3.8) is 0 Å². The van der Waals surface area contributed by atoms with Crippen LogP contribution in [-0.2, 0) is 9.53 Å². The first kappa shape index (κ1) is 22.3. The van der Waals surface area contributed by atoms with Crippen LogP contribution in [0.2, 0.25) is 10.0 Å². The first-order valence-corrected chi connectivity index (χ1v) is 12.8. The minimum absolute atomic E-state index is 0.0845. The number of rotatable bonds is 6. The van der Waals surface area contributed by atoms with Crippen molar-refractivity contribution in [2.75, 3.05) is 13.7 Å². The number of methoxy groups -OCH3 is 1. The maximum Gasteiger partial charge on any atom is 0.350 e. The molecule has 4 bridgehead atoms. The Morgan fingerprint density at radius 3 is 2.34 bits per heavy atom. The Hall–Kier alpha value is -1.50. The molecule has 8 heteroatoms. The molecule has 1 amide bonds. The molecule has 1 aromatic heterocycles. The van der Waals surface area contributed by atoms with E-state index < -0.39 is 5.97 Å². The zero-order chi connectivity index (χ0) is 22.6. The first-order chi connectivity index (χ1) is 15.3. The zero-order valence-electron chi connectivity index (χ0n) is 18.2. The lowest BCUT2D eigenvalue weighted by Gasteiger charge is -2.59. The van der Waals surface area contributed by atoms with Gasteiger partial charge in [-0.15, -0.1) is 11.3 Å². The number of thiophene rings is 1. The van der Waals surface area contributed by atoms with E-state index in [-0.39, 0.29) is 33.9 Å². The number of fused-ring (bicyclic) bond motifs is 1. The summed E-state index contributed by atoms with van der Waals surface area (Å²) in [5.41, 5.74) is 0.207. The molecule has 4 aliphatic rings. The molecular formula is C24H27Cl2NO4S. The van der Waals surface area contributed by atoms with Crippen LogP contribution >= 0.6 is 34.5 Å². The minimum atomic E-state index is -0.621. The third kappa shape index (κ3) is 3.78. The largest absolute Gasteiger partial charge is 0.495 e. The fourth-order valence-corrected chi connectivity index (χ4v) is 8.49. The Kier molecular flexibility index (Phi) is 5.83. The molecule has 4 fully saturated rings. The SMILES string of the molecule is COc1ccc2c(Cl)c(C(=O)OCC(=O)N[C@@H](C)C34CC5CC(CC(C5)C3)C4)sc2c1Cl. The minimum Gasteiger partial charge on any atom is -0.495 e. The summed E-state index contributed by atoms with van der Waals surface area (Å²) in [7, 11) is 1.53. The third-order valence-corrected chi connectivity index (χ3v) is 10.0. The van der Waals surface area contributed by atoms with E-state index in [4.69, 9.17) is 32.7 Å². The van der Waals surface area contributed by atoms with Gasteiger partial charge in [0, 0.05) is 11.4 Å². The smallest absolute Gasteiger partial charge is 0.350 e. The lowest BCUT2D eigenvalue weighted by atomic mass is 9.48. The Labute approximate surface area is 201 Å². The van der Waals surface area contributed by atoms with Crippen LogP contribution in [0.25, 0.3) is 10.1 Å². The fourth-order valence-electron chi connectivity index (χ4n) is 6.71. The summed E-state index contributed by atoms with van der Waals surface area (Å²) in [5, 5.41) is 4.47. The highest BCUT2D eigenvalue weighted by Gasteiger charge is 2.53. The lowest BCUT2D eigenvalue weighted by Crippen LogP contribution is -2.56. The zero-order valence-corrected chi connectivity index (χ0v) is 20.5. The van der Waals surface area contributed by atoms with Crippen molar-refractivity contribution >= 4 is 56.5 Å². The van der Waals surface area contributed by atoms with Crippen LogP contribution in [0.3, 0.4) is 0 Å². The summed E-state index contributed by atoms with van der Waals surface area (Å²) in [6, 6.07) is 3.55. The van der Waals surface area contributed by atoms with Gasteiger partial charge < -0.3 is 14.8 Å². The van der Waals surface area contributed by atoms with E-state index in [9.17, 15) is 9.59 Å². The third-order valence-electron chi connectivity index (χ3n) is 7.82. The quantitative estimate of drug-likeness (QED) is 0.492. The number of hydrogen-bond donors (Lipinski definition) is 1. The molecule has 4 aliphatic carbocycles. The second-order valence-corrected chi connectivity index (χ2v) is 11.6. The van der Waals surface area contributed by atoms with Crippen molar-refractivity contribution in [2.24, 2.45) is 23.2 Å². The number of amides is 1. The van der Waals surface area contributed by atoms with Crippen molar-refractivity contribution in [3.05, 3.63) is 27.1 Å². The van der Waals surface area contributed by atoms with Gasteiger partial charge in [-0.05, 0) is 80.8 Å². The lowest BCUT2D eigenvalue weighted by molar-refractivity contribution is -0.128. The molecule has 0 spiro atoms. The van der Waals surface area contributed by atoms with Crippen LogP contribution in [0.4, 0.5) is 0 Å². The van der Waals surface area contributed by atoms with Crippen LogP contribution < -0.4 is 10.1 Å². The topological polar surface area (TPSA) is 64.6 Å². The van der Waals surface area contributed by atoms with E-state index in [0.717, 1.165) is 29.1 Å². The standard InChI is InChI=1S/C24H27Cl2NO4S/c1-12(24-8-13-5-14(9-24)7-15(6-13)10-24)27-18(28)11-31-23(29)22-19(25)16-3-4-17(30-2)20(26)21(16)32-22/h3-4,12-15H,5-11H2,1-2H3,(H,27,28)/t12-,13?,14?,15?,24?/m0/s1. The maximum atomic E-state index is 12.7. The number of benzene rings is 1. The number of hydrogen-bond acceptors (Lipinski definition) is 5. The molecular weight excluding hydrogens is 469 g/mol. The molecule has 6 rings (SSSR count). The molecule has 5 nitrogen and oxygen atoms in total. The number of esters is 1. The highest BCUT2D eigenvalue weighted by atomic mass is 35.5. The molecule has 32 heavy (non-hydrogen) atoms. The molecule has 0 aliphatic heterocycles. The Bertz CT molecular complexity index is 1050. The maximum absolute atomic E-state index is 12.7. The molecule has 1 N–H and O–H groups in total. The average Bonchev–Trinajstić information content (AvgIpc) is 3.09. The van der Waals surface area contributed by atoms with Crippen molar-refractivity contribution in [1.29, 1.82) is 0 Å². The van der Waals surface area contributed by atoms with E-state index in [1.54, 1.807) is 12.1 Å². The van der Waals surface area contributed by atoms with Gasteiger partial charge in [0.05, 0.1) is 16.8 Å². The van der Waals surface area contributed by atoms with Crippen molar-refractivity contribution in [2.45, 2.75) is 51.5 Å². The van der Waals surface area contributed by atoms with Crippen molar-refractivity contribution in [1.82, 2.24) is 5.32 Å². The second kappa shape index (κ2) is 8.37. The molecule has 1 atom stereocenters. The number of carbonyl (C=O) groups is 2. The summed E-state index contributed by atoms with van der Waals surface area (Å²) >= 11 is 13.9. The molecule has 1 aromatic carbocycles. The van der Waals surface area contributed by atoms with Gasteiger partial charge in [0.25, 0.3) is 5.91 Å². The van der Waals surface area contributed by atoms with E-state index in [1.165, 1.54) is 45.6 Å². The van der Waals surface area contributed by atoms with Gasteiger partial charge in [-0.2, -0.15) is 0 Å². The predicted molar refractivity (Wildman–Crippen MR) is 127 cm³/mol. The summed E-state index contributed by atoms with van der Waals surface area (Å²) in [6.07, 6.45) is 7.72. The van der Waals surface area contributed by atoms with Crippen LogP contribution in [0.5, 0.6) is 5.75 Å². The molecule has 0 unspecified atom stereocenters. The number of ether oxygens (including phenoxy) is 2. The number of halogens is 2. The molecule has 4 saturated carbocycles. The van der Waals surface area contributed by atoms with Gasteiger partial charge in [0.1, 0.15) is 15.6 Å². The fraction of sp³-hybridized carbons (Fsp3) is 0.583. The van der Waals surface area contributed by atoms with E-state index in [1.807, 2.05) is 0 Å². The highest BCUT2D eigenvalue weighted by molar-refractivity contribution is 7.22. The van der Waals surface area contributed by atoms with Gasteiger partial charge in [-0.1, -0.05) is 23.2 Å². The van der Waals surface area contributed by atoms with E-state index in [2.05, 4.69) is 12.2 Å². The van der Waals surface area contributed by atoms with Gasteiger partial charge in [0.15, 0.2) is 6.61 Å². The monoisotopic (exact) mass is 495 g/mol. The Balaban J connectivity index is 1.22. The average molecular weight is 496 g/mol. The first-order valence-electron chi connectivity index (χ1n) is 11.2. The Morgan fingerprint density at radius 2 is 1.75 bits per heavy atom. The molecule has 0 saturated heterocycles. The molecule has 2 aromatic rings. The summed E-state index contributed by atoms with van der Waals surface area (Å²) in [4.78, 5) is 25.5. The molecule has 1 heterocycles.